The lowest BCUT2D eigenvalue weighted by Crippen LogP contribution is -2.39. The van der Waals surface area contributed by atoms with Gasteiger partial charge in [0.2, 0.25) is 0 Å². The van der Waals surface area contributed by atoms with Gasteiger partial charge in [-0.25, -0.2) is 0 Å². The van der Waals surface area contributed by atoms with Gasteiger partial charge >= 0.3 is 5.97 Å². The highest BCUT2D eigenvalue weighted by atomic mass is 16.6. The van der Waals surface area contributed by atoms with Gasteiger partial charge < -0.3 is 15.4 Å². The van der Waals surface area contributed by atoms with Gasteiger partial charge in [0, 0.05) is 17.3 Å². The number of ether oxygens (including phenoxy) is 1. The second-order valence-electron chi connectivity index (χ2n) is 7.50. The van der Waals surface area contributed by atoms with Crippen molar-refractivity contribution in [3.8, 4) is 0 Å². The van der Waals surface area contributed by atoms with Crippen LogP contribution < -0.4 is 10.6 Å². The molecule has 154 valence electrons. The lowest BCUT2D eigenvalue weighted by Gasteiger charge is -2.32. The number of methoxy groups -OCH3 is 1. The van der Waals surface area contributed by atoms with E-state index in [4.69, 9.17) is 4.74 Å². The molecule has 0 saturated heterocycles. The van der Waals surface area contributed by atoms with Crippen molar-refractivity contribution >= 4 is 28.8 Å². The van der Waals surface area contributed by atoms with Crippen LogP contribution in [0.25, 0.3) is 0 Å². The summed E-state index contributed by atoms with van der Waals surface area (Å²) < 4.78 is 4.87. The van der Waals surface area contributed by atoms with Gasteiger partial charge in [-0.3, -0.25) is 19.7 Å². The number of hydrogen-bond acceptors (Lipinski definition) is 7. The van der Waals surface area contributed by atoms with Crippen molar-refractivity contribution in [2.24, 2.45) is 11.8 Å². The van der Waals surface area contributed by atoms with Crippen LogP contribution in [0.1, 0.15) is 24.9 Å². The van der Waals surface area contributed by atoms with Gasteiger partial charge in [0.15, 0.2) is 5.78 Å². The number of hydrogen-bond donors (Lipinski definition) is 2. The molecule has 3 atom stereocenters. The summed E-state index contributed by atoms with van der Waals surface area (Å²) in [6.45, 7) is 1.83. The Labute approximate surface area is 173 Å². The number of nitro groups is 1. The number of fused-ring (bicyclic) bond motifs is 1. The van der Waals surface area contributed by atoms with E-state index in [9.17, 15) is 19.7 Å². The average Bonchev–Trinajstić information content (AvgIpc) is 2.90. The van der Waals surface area contributed by atoms with E-state index in [0.717, 1.165) is 5.69 Å². The molecule has 4 rings (SSSR count). The maximum Gasteiger partial charge on any atom is 0.316 e. The van der Waals surface area contributed by atoms with Gasteiger partial charge in [0.25, 0.3) is 5.69 Å². The normalized spacial score (nSPS) is 22.7. The fraction of sp³-hybridized carbons (Fsp3) is 0.273. The number of esters is 1. The number of ketones is 1. The summed E-state index contributed by atoms with van der Waals surface area (Å²) in [7, 11) is 1.26. The van der Waals surface area contributed by atoms with E-state index in [1.165, 1.54) is 13.2 Å². The smallest absolute Gasteiger partial charge is 0.316 e. The van der Waals surface area contributed by atoms with Crippen molar-refractivity contribution in [3.05, 3.63) is 75.5 Å². The molecule has 1 aliphatic carbocycles. The second-order valence-corrected chi connectivity index (χ2v) is 7.50. The van der Waals surface area contributed by atoms with E-state index in [1.54, 1.807) is 18.2 Å². The molecule has 2 aromatic carbocycles. The Morgan fingerprint density at radius 2 is 1.80 bits per heavy atom. The molecule has 0 fully saturated rings. The molecule has 0 aromatic heterocycles. The molecule has 8 heteroatoms. The van der Waals surface area contributed by atoms with E-state index in [0.29, 0.717) is 28.9 Å². The topological polar surface area (TPSA) is 111 Å². The first-order valence-corrected chi connectivity index (χ1v) is 9.63. The lowest BCUT2D eigenvalue weighted by molar-refractivity contribution is -0.385. The predicted molar refractivity (Wildman–Crippen MR) is 111 cm³/mol. The van der Waals surface area contributed by atoms with Crippen LogP contribution in [0.2, 0.25) is 0 Å². The van der Waals surface area contributed by atoms with Crippen LogP contribution in [-0.2, 0) is 14.3 Å². The summed E-state index contributed by atoms with van der Waals surface area (Å²) in [6, 6.07) is 13.0. The number of nitrogens with one attached hydrogen (secondary N) is 2. The number of anilines is 2. The fourth-order valence-electron chi connectivity index (χ4n) is 4.26. The maximum atomic E-state index is 13.5. The number of carbonyl (C=O) groups excluding carboxylic acids is 2. The number of rotatable bonds is 3. The molecule has 0 unspecified atom stereocenters. The van der Waals surface area contributed by atoms with Crippen LogP contribution in [0, 0.1) is 22.0 Å². The van der Waals surface area contributed by atoms with Gasteiger partial charge in [-0.15, -0.1) is 0 Å². The third-order valence-electron chi connectivity index (χ3n) is 5.67. The summed E-state index contributed by atoms with van der Waals surface area (Å²) in [5, 5.41) is 18.3. The van der Waals surface area contributed by atoms with E-state index in [-0.39, 0.29) is 17.4 Å². The minimum absolute atomic E-state index is 0.0951. The largest absolute Gasteiger partial charge is 0.468 e. The lowest BCUT2D eigenvalue weighted by atomic mass is 9.74. The van der Waals surface area contributed by atoms with E-state index < -0.39 is 22.9 Å². The molecule has 0 radical (unpaired) electrons. The molecule has 1 heterocycles. The predicted octanol–water partition coefficient (Wildman–Crippen LogP) is 3.83. The van der Waals surface area contributed by atoms with Gasteiger partial charge in [0.1, 0.15) is 5.92 Å². The van der Waals surface area contributed by atoms with Crippen LogP contribution in [0.5, 0.6) is 0 Å². The Bertz CT molecular complexity index is 1080. The van der Waals surface area contributed by atoms with E-state index in [1.807, 2.05) is 31.2 Å². The highest BCUT2D eigenvalue weighted by Crippen LogP contribution is 2.45. The number of para-hydroxylation sites is 3. The first-order valence-electron chi connectivity index (χ1n) is 9.63. The van der Waals surface area contributed by atoms with Crippen molar-refractivity contribution in [2.75, 3.05) is 17.7 Å². The Morgan fingerprint density at radius 1 is 1.13 bits per heavy atom. The van der Waals surface area contributed by atoms with Crippen molar-refractivity contribution in [3.63, 3.8) is 0 Å². The first-order chi connectivity index (χ1) is 14.4. The molecule has 0 spiro atoms. The van der Waals surface area contributed by atoms with Crippen LogP contribution in [-0.4, -0.2) is 23.8 Å². The number of nitro benzene ring substituents is 1. The van der Waals surface area contributed by atoms with E-state index >= 15 is 0 Å². The van der Waals surface area contributed by atoms with Crippen molar-refractivity contribution in [1.82, 2.24) is 0 Å². The van der Waals surface area contributed by atoms with Crippen molar-refractivity contribution < 1.29 is 19.2 Å². The molecule has 0 bridgehead atoms. The standard InChI is InChI=1S/C22H21N3O5/c1-12-11-16-19(21(26)18(12)22(27)30-2)20(13-7-3-6-10-17(13)25(28)29)24-15-9-5-4-8-14(15)23-16/h3-10,12,18,20,23-24H,11H2,1-2H3/t12-,18-,20-/m1/s1. The maximum absolute atomic E-state index is 13.5. The quantitative estimate of drug-likeness (QED) is 0.344. The average molecular weight is 407 g/mol. The SMILES string of the molecule is COC(=O)[C@H]1C(=O)C2=C(C[C@H]1C)Nc1ccccc1N[C@@H]2c1ccccc1[N+](=O)[O-]. The Balaban J connectivity index is 1.93. The summed E-state index contributed by atoms with van der Waals surface area (Å²) in [6.07, 6.45) is 0.438. The molecule has 2 N–H and O–H groups in total. The van der Waals surface area contributed by atoms with Gasteiger partial charge in [0.05, 0.1) is 35.0 Å². The molecule has 0 amide bonds. The fourth-order valence-corrected chi connectivity index (χ4v) is 4.26. The Morgan fingerprint density at radius 3 is 2.50 bits per heavy atom. The molecule has 0 saturated carbocycles. The van der Waals surface area contributed by atoms with E-state index in [2.05, 4.69) is 10.6 Å². The highest BCUT2D eigenvalue weighted by molar-refractivity contribution is 6.11. The minimum Gasteiger partial charge on any atom is -0.468 e. The van der Waals surface area contributed by atoms with Crippen LogP contribution in [0.4, 0.5) is 17.1 Å². The number of carbonyl (C=O) groups is 2. The molecule has 30 heavy (non-hydrogen) atoms. The monoisotopic (exact) mass is 407 g/mol. The molecule has 1 aliphatic heterocycles. The van der Waals surface area contributed by atoms with Crippen LogP contribution >= 0.6 is 0 Å². The summed E-state index contributed by atoms with van der Waals surface area (Å²) in [4.78, 5) is 37.1. The third-order valence-corrected chi connectivity index (χ3v) is 5.67. The number of nitrogens with zero attached hydrogens (tertiary/aromatic N) is 1. The minimum atomic E-state index is -0.955. The van der Waals surface area contributed by atoms with Gasteiger partial charge in [-0.05, 0) is 30.5 Å². The number of benzene rings is 2. The Hall–Kier alpha value is -3.68. The molecule has 2 aromatic rings. The molecule has 8 nitrogen and oxygen atoms in total. The summed E-state index contributed by atoms with van der Waals surface area (Å²) in [5.41, 5.74) is 2.73. The van der Waals surface area contributed by atoms with Gasteiger partial charge in [-0.2, -0.15) is 0 Å². The number of Topliss-reactive ketones (excluding diaryl/α,β-unsaturated/α-hetero) is 1. The second kappa shape index (κ2) is 7.62. The summed E-state index contributed by atoms with van der Waals surface area (Å²) >= 11 is 0. The highest BCUT2D eigenvalue weighted by Gasteiger charge is 2.45. The van der Waals surface area contributed by atoms with Crippen molar-refractivity contribution in [2.45, 2.75) is 19.4 Å². The zero-order chi connectivity index (χ0) is 21.4. The Kier molecular flexibility index (Phi) is 4.99. The van der Waals surface area contributed by atoms with Crippen molar-refractivity contribution in [1.29, 1.82) is 0 Å². The molecular formula is C22H21N3O5. The van der Waals surface area contributed by atoms with Gasteiger partial charge in [-0.1, -0.05) is 31.2 Å². The third kappa shape index (κ3) is 3.20. The molecule has 2 aliphatic rings. The first kappa shape index (κ1) is 19.6. The zero-order valence-corrected chi connectivity index (χ0v) is 16.5. The summed E-state index contributed by atoms with van der Waals surface area (Å²) in [5.74, 6) is -2.20. The van der Waals surface area contributed by atoms with Crippen LogP contribution in [0.15, 0.2) is 59.8 Å². The molecular weight excluding hydrogens is 386 g/mol. The van der Waals surface area contributed by atoms with Crippen LogP contribution in [0.3, 0.4) is 0 Å². The zero-order valence-electron chi connectivity index (χ0n) is 16.5. The number of allylic oxidation sites excluding steroid dienone is 1.